The average molecular weight is 452 g/mol. The Hall–Kier alpha value is -3.10. The van der Waals surface area contributed by atoms with E-state index in [1.807, 2.05) is 67.8 Å². The molecule has 0 aliphatic rings. The van der Waals surface area contributed by atoms with Gasteiger partial charge in [-0.25, -0.2) is 4.98 Å². The Labute approximate surface area is 187 Å². The van der Waals surface area contributed by atoms with Crippen molar-refractivity contribution in [2.75, 3.05) is 11.1 Å². The smallest absolute Gasteiger partial charge is 0.259 e. The number of hydrogen-bond acceptors (Lipinski definition) is 6. The molecule has 0 fully saturated rings. The highest BCUT2D eigenvalue weighted by Gasteiger charge is 2.11. The molecule has 0 spiro atoms. The van der Waals surface area contributed by atoms with E-state index in [0.29, 0.717) is 27.8 Å². The van der Waals surface area contributed by atoms with Gasteiger partial charge in [0.1, 0.15) is 12.4 Å². The second-order valence-corrected chi connectivity index (χ2v) is 8.90. The summed E-state index contributed by atoms with van der Waals surface area (Å²) in [5, 5.41) is 4.83. The van der Waals surface area contributed by atoms with Gasteiger partial charge >= 0.3 is 0 Å². The third-order valence-electron chi connectivity index (χ3n) is 4.53. The number of thiazole rings is 1. The van der Waals surface area contributed by atoms with Crippen molar-refractivity contribution in [3.63, 3.8) is 0 Å². The van der Waals surface area contributed by atoms with Crippen LogP contribution in [-0.2, 0) is 11.4 Å². The van der Waals surface area contributed by atoms with Crippen LogP contribution in [0.1, 0.15) is 17.0 Å². The molecule has 0 saturated heterocycles. The highest BCUT2D eigenvalue weighted by molar-refractivity contribution is 8.00. The second-order valence-electron chi connectivity index (χ2n) is 7.02. The molecule has 0 aliphatic heterocycles. The number of rotatable bonds is 7. The lowest BCUT2D eigenvalue weighted by Crippen LogP contribution is -2.17. The van der Waals surface area contributed by atoms with Gasteiger partial charge in [-0.1, -0.05) is 24.3 Å². The number of hydrogen-bond donors (Lipinski definition) is 1. The van der Waals surface area contributed by atoms with Crippen molar-refractivity contribution in [3.05, 3.63) is 87.3 Å². The highest BCUT2D eigenvalue weighted by atomic mass is 32.2. The van der Waals surface area contributed by atoms with Gasteiger partial charge in [-0.3, -0.25) is 14.0 Å². The molecule has 1 amide bonds. The predicted molar refractivity (Wildman–Crippen MR) is 125 cm³/mol. The molecule has 1 N–H and O–H groups in total. The lowest BCUT2D eigenvalue weighted by Gasteiger charge is -2.13. The minimum Gasteiger partial charge on any atom is -0.485 e. The number of thioether (sulfide) groups is 1. The van der Waals surface area contributed by atoms with Crippen molar-refractivity contribution < 1.29 is 9.53 Å². The zero-order chi connectivity index (χ0) is 21.8. The van der Waals surface area contributed by atoms with Crippen molar-refractivity contribution in [2.45, 2.75) is 25.3 Å². The maximum atomic E-state index is 12.5. The topological polar surface area (TPSA) is 72.7 Å². The van der Waals surface area contributed by atoms with E-state index in [-0.39, 0.29) is 18.1 Å². The summed E-state index contributed by atoms with van der Waals surface area (Å²) in [5.74, 6) is 0.716. The number of ether oxygens (including phenoxy) is 1. The van der Waals surface area contributed by atoms with Crippen molar-refractivity contribution in [2.24, 2.45) is 0 Å². The van der Waals surface area contributed by atoms with Crippen LogP contribution in [0.3, 0.4) is 0 Å². The molecule has 0 unspecified atom stereocenters. The summed E-state index contributed by atoms with van der Waals surface area (Å²) >= 11 is 2.89. The van der Waals surface area contributed by atoms with Crippen LogP contribution in [0.4, 0.5) is 5.69 Å². The minimum absolute atomic E-state index is 0.115. The molecule has 2 aromatic carbocycles. The molecule has 158 valence electrons. The predicted octanol–water partition coefficient (Wildman–Crippen LogP) is 4.68. The maximum absolute atomic E-state index is 12.5. The molecule has 8 heteroatoms. The zero-order valence-electron chi connectivity index (χ0n) is 17.1. The minimum atomic E-state index is -0.127. The monoisotopic (exact) mass is 451 g/mol. The molecule has 4 rings (SSSR count). The maximum Gasteiger partial charge on any atom is 0.259 e. The van der Waals surface area contributed by atoms with E-state index < -0.39 is 0 Å². The first-order valence-corrected chi connectivity index (χ1v) is 11.5. The van der Waals surface area contributed by atoms with Crippen molar-refractivity contribution in [3.8, 4) is 5.75 Å². The van der Waals surface area contributed by atoms with Crippen LogP contribution in [0.5, 0.6) is 5.75 Å². The number of fused-ring (bicyclic) bond motifs is 1. The number of amides is 1. The Kier molecular flexibility index (Phi) is 6.39. The molecule has 0 bridgehead atoms. The van der Waals surface area contributed by atoms with Gasteiger partial charge in [-0.15, -0.1) is 23.1 Å². The van der Waals surface area contributed by atoms with Gasteiger partial charge in [0.2, 0.25) is 5.91 Å². The van der Waals surface area contributed by atoms with Crippen molar-refractivity contribution in [1.29, 1.82) is 0 Å². The second kappa shape index (κ2) is 9.36. The Bertz CT molecular complexity index is 1280. The van der Waals surface area contributed by atoms with E-state index in [4.69, 9.17) is 4.74 Å². The van der Waals surface area contributed by atoms with Gasteiger partial charge in [0.25, 0.3) is 5.56 Å². The zero-order valence-corrected chi connectivity index (χ0v) is 18.8. The first-order chi connectivity index (χ1) is 15.0. The Morgan fingerprint density at radius 2 is 1.97 bits per heavy atom. The first kappa shape index (κ1) is 21.1. The number of aromatic nitrogens is 2. The van der Waals surface area contributed by atoms with Gasteiger partial charge in [0.15, 0.2) is 4.96 Å². The van der Waals surface area contributed by atoms with E-state index in [1.165, 1.54) is 29.2 Å². The fourth-order valence-corrected chi connectivity index (χ4v) is 4.66. The fourth-order valence-electron chi connectivity index (χ4n) is 3.05. The Balaban J connectivity index is 1.45. The van der Waals surface area contributed by atoms with E-state index in [1.54, 1.807) is 4.40 Å². The summed E-state index contributed by atoms with van der Waals surface area (Å²) in [6.45, 7) is 3.96. The van der Waals surface area contributed by atoms with Crippen LogP contribution in [0, 0.1) is 13.8 Å². The molecule has 2 aromatic heterocycles. The largest absolute Gasteiger partial charge is 0.485 e. The molecule has 0 atom stereocenters. The molecule has 0 saturated carbocycles. The molecule has 2 heterocycles. The molecule has 31 heavy (non-hydrogen) atoms. The fraction of sp³-hybridized carbons (Fsp3) is 0.174. The standard InChI is InChI=1S/C23H21N3O3S2/c1-15-8-9-20(19(10-15)25-21(27)14-30-18-6-4-3-5-7-18)29-12-17-11-22(28)26-16(2)13-31-23(26)24-17/h3-11,13H,12,14H2,1-2H3,(H,25,27). The van der Waals surface area contributed by atoms with Crippen molar-refractivity contribution in [1.82, 2.24) is 9.38 Å². The van der Waals surface area contributed by atoms with Crippen LogP contribution in [0.2, 0.25) is 0 Å². The number of carbonyl (C=O) groups is 1. The molecule has 0 aliphatic carbocycles. The van der Waals surface area contributed by atoms with E-state index >= 15 is 0 Å². The summed E-state index contributed by atoms with van der Waals surface area (Å²) in [5.41, 5.74) is 2.89. The average Bonchev–Trinajstić information content (AvgIpc) is 3.13. The number of nitrogens with zero attached hydrogens (tertiary/aromatic N) is 2. The van der Waals surface area contributed by atoms with Gasteiger partial charge in [0.05, 0.1) is 17.1 Å². The van der Waals surface area contributed by atoms with Gasteiger partial charge in [-0.2, -0.15) is 0 Å². The number of anilines is 1. The molecular weight excluding hydrogens is 430 g/mol. The third-order valence-corrected chi connectivity index (χ3v) is 6.48. The van der Waals surface area contributed by atoms with Gasteiger partial charge in [0, 0.05) is 22.0 Å². The summed E-state index contributed by atoms with van der Waals surface area (Å²) < 4.78 is 7.50. The summed E-state index contributed by atoms with van der Waals surface area (Å²) in [6.07, 6.45) is 0. The quantitative estimate of drug-likeness (QED) is 0.413. The summed E-state index contributed by atoms with van der Waals surface area (Å²) in [6, 6.07) is 16.9. The number of benzene rings is 2. The summed E-state index contributed by atoms with van der Waals surface area (Å²) in [4.78, 5) is 31.0. The number of aryl methyl sites for hydroxylation is 2. The lowest BCUT2D eigenvalue weighted by molar-refractivity contribution is -0.113. The van der Waals surface area contributed by atoms with Crippen LogP contribution < -0.4 is 15.6 Å². The third kappa shape index (κ3) is 5.15. The Morgan fingerprint density at radius 3 is 2.77 bits per heavy atom. The number of carbonyl (C=O) groups excluding carboxylic acids is 1. The first-order valence-electron chi connectivity index (χ1n) is 9.67. The normalized spacial score (nSPS) is 10.9. The van der Waals surface area contributed by atoms with Gasteiger partial charge in [-0.05, 0) is 43.7 Å². The van der Waals surface area contributed by atoms with E-state index in [0.717, 1.165) is 16.2 Å². The van der Waals surface area contributed by atoms with E-state index in [2.05, 4.69) is 10.3 Å². The Morgan fingerprint density at radius 1 is 1.16 bits per heavy atom. The highest BCUT2D eigenvalue weighted by Crippen LogP contribution is 2.27. The molecule has 6 nitrogen and oxygen atoms in total. The lowest BCUT2D eigenvalue weighted by atomic mass is 10.2. The SMILES string of the molecule is Cc1ccc(OCc2cc(=O)n3c(C)csc3n2)c(NC(=O)CSc2ccccc2)c1. The van der Waals surface area contributed by atoms with Crippen LogP contribution in [-0.4, -0.2) is 21.0 Å². The van der Waals surface area contributed by atoms with Gasteiger partial charge < -0.3 is 10.1 Å². The van der Waals surface area contributed by atoms with Crippen LogP contribution >= 0.6 is 23.1 Å². The molecule has 0 radical (unpaired) electrons. The van der Waals surface area contributed by atoms with Crippen LogP contribution in [0.15, 0.2) is 69.7 Å². The number of nitrogens with one attached hydrogen (secondary N) is 1. The summed E-state index contributed by atoms with van der Waals surface area (Å²) in [7, 11) is 0. The molecular formula is C23H21N3O3S2. The van der Waals surface area contributed by atoms with Crippen LogP contribution in [0.25, 0.3) is 4.96 Å². The van der Waals surface area contributed by atoms with Crippen molar-refractivity contribution >= 4 is 39.7 Å². The van der Waals surface area contributed by atoms with E-state index in [9.17, 15) is 9.59 Å². The molecule has 4 aromatic rings.